The first kappa shape index (κ1) is 12.8. The fourth-order valence-electron chi connectivity index (χ4n) is 2.21. The van der Waals surface area contributed by atoms with Crippen molar-refractivity contribution in [3.05, 3.63) is 22.6 Å². The van der Waals surface area contributed by atoms with Crippen molar-refractivity contribution in [1.82, 2.24) is 9.78 Å². The number of aryl methyl sites for hydroxylation is 1. The van der Waals surface area contributed by atoms with Crippen molar-refractivity contribution in [2.24, 2.45) is 5.92 Å². The minimum absolute atomic E-state index is 0.132. The number of hydrogen-bond acceptors (Lipinski definition) is 4. The first-order valence-corrected chi connectivity index (χ1v) is 6.46. The van der Waals surface area contributed by atoms with Crippen LogP contribution in [-0.2, 0) is 11.3 Å². The Morgan fingerprint density at radius 3 is 2.78 bits per heavy atom. The molecule has 2 heterocycles. The van der Waals surface area contributed by atoms with Crippen molar-refractivity contribution in [2.75, 3.05) is 18.0 Å². The van der Waals surface area contributed by atoms with E-state index in [1.807, 2.05) is 0 Å². The number of rotatable bonds is 4. The average Bonchev–Trinajstić information content (AvgIpc) is 2.38. The van der Waals surface area contributed by atoms with E-state index >= 15 is 0 Å². The third kappa shape index (κ3) is 2.97. The Morgan fingerprint density at radius 2 is 2.17 bits per heavy atom. The smallest absolute Gasteiger partial charge is 0.268 e. The monoisotopic (exact) mass is 249 g/mol. The molecule has 2 rings (SSSR count). The van der Waals surface area contributed by atoms with Gasteiger partial charge in [0.2, 0.25) is 0 Å². The largest absolute Gasteiger partial charge is 0.370 e. The molecule has 0 bridgehead atoms. The van der Waals surface area contributed by atoms with E-state index in [2.05, 4.69) is 16.9 Å². The summed E-state index contributed by atoms with van der Waals surface area (Å²) < 4.78 is 1.34. The zero-order valence-corrected chi connectivity index (χ0v) is 10.7. The summed E-state index contributed by atoms with van der Waals surface area (Å²) >= 11 is 0. The maximum absolute atomic E-state index is 11.8. The minimum Gasteiger partial charge on any atom is -0.370 e. The second-order valence-electron chi connectivity index (χ2n) is 4.90. The predicted molar refractivity (Wildman–Crippen MR) is 69.8 cm³/mol. The summed E-state index contributed by atoms with van der Waals surface area (Å²) in [5, 5.41) is 4.11. The molecule has 1 saturated heterocycles. The van der Waals surface area contributed by atoms with Crippen molar-refractivity contribution >= 4 is 12.0 Å². The van der Waals surface area contributed by atoms with Gasteiger partial charge >= 0.3 is 0 Å². The molecule has 1 aromatic heterocycles. The van der Waals surface area contributed by atoms with Crippen LogP contribution in [0, 0.1) is 5.92 Å². The van der Waals surface area contributed by atoms with E-state index in [1.54, 1.807) is 12.3 Å². The molecule has 1 fully saturated rings. The van der Waals surface area contributed by atoms with E-state index < -0.39 is 0 Å². The SMILES string of the molecule is CC1CCN(c2cnn(CCC=O)c(=O)c2)CC1. The fourth-order valence-corrected chi connectivity index (χ4v) is 2.21. The zero-order chi connectivity index (χ0) is 13.0. The molecule has 0 N–H and O–H groups in total. The predicted octanol–water partition coefficient (Wildman–Crippen LogP) is 1.07. The van der Waals surface area contributed by atoms with E-state index in [4.69, 9.17) is 0 Å². The molecule has 0 radical (unpaired) electrons. The van der Waals surface area contributed by atoms with E-state index in [-0.39, 0.29) is 5.56 Å². The van der Waals surface area contributed by atoms with Gasteiger partial charge in [-0.25, -0.2) is 4.68 Å². The molecule has 98 valence electrons. The summed E-state index contributed by atoms with van der Waals surface area (Å²) in [6, 6.07) is 1.62. The van der Waals surface area contributed by atoms with Gasteiger partial charge < -0.3 is 9.69 Å². The lowest BCUT2D eigenvalue weighted by molar-refractivity contribution is -0.108. The summed E-state index contributed by atoms with van der Waals surface area (Å²) in [6.07, 6.45) is 5.17. The Bertz CT molecular complexity index is 462. The van der Waals surface area contributed by atoms with Crippen molar-refractivity contribution in [1.29, 1.82) is 0 Å². The van der Waals surface area contributed by atoms with Crippen LogP contribution in [0.4, 0.5) is 5.69 Å². The van der Waals surface area contributed by atoms with Gasteiger partial charge in [0, 0.05) is 25.6 Å². The number of carbonyl (C=O) groups is 1. The lowest BCUT2D eigenvalue weighted by Crippen LogP contribution is -2.34. The van der Waals surface area contributed by atoms with Crippen LogP contribution in [0.2, 0.25) is 0 Å². The van der Waals surface area contributed by atoms with Crippen LogP contribution in [0.15, 0.2) is 17.1 Å². The normalized spacial score (nSPS) is 16.8. The summed E-state index contributed by atoms with van der Waals surface area (Å²) in [5.74, 6) is 0.766. The Hall–Kier alpha value is -1.65. The molecular formula is C13H19N3O2. The highest BCUT2D eigenvalue weighted by molar-refractivity contribution is 5.49. The molecule has 1 aromatic rings. The maximum atomic E-state index is 11.8. The van der Waals surface area contributed by atoms with Gasteiger partial charge in [-0.15, -0.1) is 0 Å². The van der Waals surface area contributed by atoms with Gasteiger partial charge in [0.25, 0.3) is 5.56 Å². The highest BCUT2D eigenvalue weighted by atomic mass is 16.1. The maximum Gasteiger partial charge on any atom is 0.268 e. The number of hydrogen-bond donors (Lipinski definition) is 0. The molecule has 5 nitrogen and oxygen atoms in total. The Balaban J connectivity index is 2.08. The fraction of sp³-hybridized carbons (Fsp3) is 0.615. The molecule has 18 heavy (non-hydrogen) atoms. The van der Waals surface area contributed by atoms with Crippen LogP contribution in [0.3, 0.4) is 0 Å². The van der Waals surface area contributed by atoms with Crippen LogP contribution < -0.4 is 10.5 Å². The van der Waals surface area contributed by atoms with E-state index in [1.165, 1.54) is 4.68 Å². The molecule has 5 heteroatoms. The lowest BCUT2D eigenvalue weighted by atomic mass is 9.99. The van der Waals surface area contributed by atoms with E-state index in [0.29, 0.717) is 13.0 Å². The molecular weight excluding hydrogens is 230 g/mol. The zero-order valence-electron chi connectivity index (χ0n) is 10.7. The van der Waals surface area contributed by atoms with Crippen molar-refractivity contribution in [2.45, 2.75) is 32.7 Å². The molecule has 0 amide bonds. The van der Waals surface area contributed by atoms with Crippen LogP contribution in [0.1, 0.15) is 26.2 Å². The first-order chi connectivity index (χ1) is 8.70. The minimum atomic E-state index is -0.132. The third-order valence-corrected chi connectivity index (χ3v) is 3.46. The number of aromatic nitrogens is 2. The van der Waals surface area contributed by atoms with Gasteiger partial charge in [-0.05, 0) is 18.8 Å². The van der Waals surface area contributed by atoms with Crippen molar-refractivity contribution < 1.29 is 4.79 Å². The standard InChI is InChI=1S/C13H19N3O2/c1-11-3-6-15(7-4-11)12-9-13(18)16(14-10-12)5-2-8-17/h8-11H,2-7H2,1H3. The lowest BCUT2D eigenvalue weighted by Gasteiger charge is -2.31. The first-order valence-electron chi connectivity index (χ1n) is 6.46. The summed E-state index contributed by atoms with van der Waals surface area (Å²) in [4.78, 5) is 24.3. The third-order valence-electron chi connectivity index (χ3n) is 3.46. The summed E-state index contributed by atoms with van der Waals surface area (Å²) in [7, 11) is 0. The molecule has 1 aliphatic rings. The van der Waals surface area contributed by atoms with Crippen LogP contribution in [0.25, 0.3) is 0 Å². The second kappa shape index (κ2) is 5.80. The van der Waals surface area contributed by atoms with Crippen molar-refractivity contribution in [3.63, 3.8) is 0 Å². The van der Waals surface area contributed by atoms with Gasteiger partial charge in [0.15, 0.2) is 0 Å². The van der Waals surface area contributed by atoms with Crippen LogP contribution >= 0.6 is 0 Å². The van der Waals surface area contributed by atoms with Crippen molar-refractivity contribution in [3.8, 4) is 0 Å². The average molecular weight is 249 g/mol. The van der Waals surface area contributed by atoms with E-state index in [9.17, 15) is 9.59 Å². The van der Waals surface area contributed by atoms with Gasteiger partial charge in [-0.2, -0.15) is 5.10 Å². The number of carbonyl (C=O) groups excluding carboxylic acids is 1. The topological polar surface area (TPSA) is 55.2 Å². The van der Waals surface area contributed by atoms with Gasteiger partial charge in [-0.1, -0.05) is 6.92 Å². The highest BCUT2D eigenvalue weighted by Gasteiger charge is 2.16. The molecule has 1 aliphatic heterocycles. The molecule has 0 saturated carbocycles. The van der Waals surface area contributed by atoms with Gasteiger partial charge in [0.1, 0.15) is 6.29 Å². The summed E-state index contributed by atoms with van der Waals surface area (Å²) in [5.41, 5.74) is 0.766. The number of aldehydes is 1. The second-order valence-corrected chi connectivity index (χ2v) is 4.90. The Labute approximate surface area is 106 Å². The quantitative estimate of drug-likeness (QED) is 0.749. The van der Waals surface area contributed by atoms with Crippen LogP contribution in [-0.4, -0.2) is 29.2 Å². The Kier molecular flexibility index (Phi) is 4.12. The van der Waals surface area contributed by atoms with Gasteiger partial charge in [-0.3, -0.25) is 4.79 Å². The number of piperidine rings is 1. The van der Waals surface area contributed by atoms with Gasteiger partial charge in [0.05, 0.1) is 18.4 Å². The molecule has 0 aliphatic carbocycles. The summed E-state index contributed by atoms with van der Waals surface area (Å²) in [6.45, 7) is 4.59. The molecule has 0 aromatic carbocycles. The molecule has 0 spiro atoms. The Morgan fingerprint density at radius 1 is 1.44 bits per heavy atom. The van der Waals surface area contributed by atoms with E-state index in [0.717, 1.165) is 43.8 Å². The molecule has 0 unspecified atom stereocenters. The number of anilines is 1. The highest BCUT2D eigenvalue weighted by Crippen LogP contribution is 2.20. The van der Waals surface area contributed by atoms with Crippen LogP contribution in [0.5, 0.6) is 0 Å². The number of nitrogens with zero attached hydrogens (tertiary/aromatic N) is 3. The molecule has 0 atom stereocenters.